The zero-order valence-corrected chi connectivity index (χ0v) is 15.2. The Hall–Kier alpha value is -2.70. The number of carbonyl (C=O) groups is 1. The van der Waals surface area contributed by atoms with E-state index in [1.165, 1.54) is 7.05 Å². The van der Waals surface area contributed by atoms with E-state index in [1.54, 1.807) is 10.7 Å². The number of amides is 1. The lowest BCUT2D eigenvalue weighted by Gasteiger charge is -2.12. The fourth-order valence-corrected chi connectivity index (χ4v) is 3.25. The number of aromatic nitrogens is 3. The van der Waals surface area contributed by atoms with Crippen LogP contribution in [-0.4, -0.2) is 33.4 Å². The van der Waals surface area contributed by atoms with Crippen LogP contribution in [0.2, 0.25) is 10.0 Å². The second-order valence-electron chi connectivity index (χ2n) is 5.65. The molecule has 8 heteroatoms. The van der Waals surface area contributed by atoms with Gasteiger partial charge in [-0.25, -0.2) is 9.67 Å². The Balaban J connectivity index is 1.95. The highest BCUT2D eigenvalue weighted by atomic mass is 35.5. The fraction of sp³-hybridized carbons (Fsp3) is 0.111. The molecule has 0 spiro atoms. The molecule has 1 amide bonds. The number of nitrogens with one attached hydrogen (secondary N) is 1. The molecule has 0 bridgehead atoms. The van der Waals surface area contributed by atoms with E-state index in [2.05, 4.69) is 15.4 Å². The van der Waals surface area contributed by atoms with Crippen molar-refractivity contribution in [1.82, 2.24) is 20.1 Å². The summed E-state index contributed by atoms with van der Waals surface area (Å²) in [6.45, 7) is 0.261. The summed E-state index contributed by atoms with van der Waals surface area (Å²) in [6.07, 6.45) is 0. The summed E-state index contributed by atoms with van der Waals surface area (Å²) in [4.78, 5) is 20.9. The van der Waals surface area contributed by atoms with Crippen LogP contribution in [0.25, 0.3) is 5.69 Å². The molecule has 2 aromatic carbocycles. The number of fused-ring (bicyclic) bond motifs is 3. The first-order valence-corrected chi connectivity index (χ1v) is 8.61. The van der Waals surface area contributed by atoms with E-state index in [0.29, 0.717) is 21.6 Å². The molecule has 0 aliphatic carbocycles. The van der Waals surface area contributed by atoms with Crippen molar-refractivity contribution in [2.45, 2.75) is 6.54 Å². The van der Waals surface area contributed by atoms with Gasteiger partial charge in [-0.2, -0.15) is 0 Å². The second-order valence-corrected chi connectivity index (χ2v) is 6.49. The number of nitrogens with zero attached hydrogens (tertiary/aromatic N) is 4. The number of benzene rings is 2. The molecule has 0 saturated carbocycles. The van der Waals surface area contributed by atoms with Crippen molar-refractivity contribution in [2.24, 2.45) is 4.99 Å². The van der Waals surface area contributed by atoms with Crippen molar-refractivity contribution in [2.75, 3.05) is 7.05 Å². The van der Waals surface area contributed by atoms with E-state index in [0.717, 1.165) is 16.8 Å². The maximum atomic E-state index is 11.9. The number of hydrogen-bond acceptors (Lipinski definition) is 4. The van der Waals surface area contributed by atoms with Crippen molar-refractivity contribution < 1.29 is 4.79 Å². The quantitative estimate of drug-likeness (QED) is 0.735. The molecule has 6 nitrogen and oxygen atoms in total. The molecule has 1 aliphatic heterocycles. The monoisotopic (exact) mass is 385 g/mol. The second kappa shape index (κ2) is 6.55. The highest BCUT2D eigenvalue weighted by Gasteiger charge is 2.24. The van der Waals surface area contributed by atoms with E-state index in [-0.39, 0.29) is 18.3 Å². The van der Waals surface area contributed by atoms with Crippen LogP contribution >= 0.6 is 23.2 Å². The van der Waals surface area contributed by atoms with Crippen LogP contribution in [0, 0.1) is 0 Å². The maximum absolute atomic E-state index is 11.9. The van der Waals surface area contributed by atoms with Gasteiger partial charge in [-0.1, -0.05) is 41.4 Å². The number of aliphatic imine (C=N–C) groups is 1. The molecule has 130 valence electrons. The lowest BCUT2D eigenvalue weighted by atomic mass is 10.0. The first-order valence-electron chi connectivity index (χ1n) is 7.86. The Morgan fingerprint density at radius 3 is 2.73 bits per heavy atom. The highest BCUT2D eigenvalue weighted by Crippen LogP contribution is 2.29. The van der Waals surface area contributed by atoms with Crippen LogP contribution in [0.3, 0.4) is 0 Å². The van der Waals surface area contributed by atoms with Gasteiger partial charge in [-0.15, -0.1) is 5.10 Å². The topological polar surface area (TPSA) is 72.2 Å². The van der Waals surface area contributed by atoms with Gasteiger partial charge in [0, 0.05) is 28.2 Å². The molecule has 1 N–H and O–H groups in total. The highest BCUT2D eigenvalue weighted by molar-refractivity contribution is 6.36. The van der Waals surface area contributed by atoms with Gasteiger partial charge in [0.1, 0.15) is 0 Å². The van der Waals surface area contributed by atoms with Gasteiger partial charge >= 0.3 is 0 Å². The molecular weight excluding hydrogens is 373 g/mol. The van der Waals surface area contributed by atoms with Crippen LogP contribution in [0.1, 0.15) is 27.6 Å². The van der Waals surface area contributed by atoms with Gasteiger partial charge in [0.25, 0.3) is 5.91 Å². The van der Waals surface area contributed by atoms with Crippen LogP contribution in [0.5, 0.6) is 0 Å². The number of rotatable bonds is 2. The Bertz CT molecular complexity index is 1060. The minimum absolute atomic E-state index is 0.0970. The summed E-state index contributed by atoms with van der Waals surface area (Å²) in [6, 6.07) is 12.9. The largest absolute Gasteiger partial charge is 0.352 e. The van der Waals surface area contributed by atoms with Gasteiger partial charge in [0.05, 0.1) is 17.9 Å². The normalized spacial score (nSPS) is 12.7. The standard InChI is InChI=1S/C18H13Cl2N5O/c1-21-18(26)17-23-15-9-22-16(11-4-2-3-5-13(11)20)12-8-10(19)6-7-14(12)25(15)24-17/h2-8H,9H2,1H3,(H,21,26). The van der Waals surface area contributed by atoms with Gasteiger partial charge in [0.2, 0.25) is 5.82 Å². The van der Waals surface area contributed by atoms with Crippen molar-refractivity contribution in [3.8, 4) is 5.69 Å². The minimum Gasteiger partial charge on any atom is -0.352 e. The summed E-state index contributed by atoms with van der Waals surface area (Å²) >= 11 is 12.6. The Morgan fingerprint density at radius 1 is 1.15 bits per heavy atom. The van der Waals surface area contributed by atoms with Crippen molar-refractivity contribution in [1.29, 1.82) is 0 Å². The maximum Gasteiger partial charge on any atom is 0.290 e. The lowest BCUT2D eigenvalue weighted by molar-refractivity contribution is 0.0953. The molecule has 26 heavy (non-hydrogen) atoms. The van der Waals surface area contributed by atoms with E-state index in [4.69, 9.17) is 28.2 Å². The van der Waals surface area contributed by atoms with E-state index < -0.39 is 0 Å². The van der Waals surface area contributed by atoms with Crippen molar-refractivity contribution in [3.63, 3.8) is 0 Å². The molecule has 3 aromatic rings. The number of carbonyl (C=O) groups excluding carboxylic acids is 1. The summed E-state index contributed by atoms with van der Waals surface area (Å²) in [5.74, 6) is 0.311. The van der Waals surface area contributed by atoms with Gasteiger partial charge in [0.15, 0.2) is 5.82 Å². The fourth-order valence-electron chi connectivity index (χ4n) is 2.85. The summed E-state index contributed by atoms with van der Waals surface area (Å²) < 4.78 is 1.63. The third-order valence-corrected chi connectivity index (χ3v) is 4.62. The molecule has 0 saturated heterocycles. The SMILES string of the molecule is CNC(=O)c1nc2n(n1)-c1ccc(Cl)cc1C(c1ccccc1Cl)=NC2. The molecule has 2 heterocycles. The molecule has 1 aliphatic rings. The smallest absolute Gasteiger partial charge is 0.290 e. The van der Waals surface area contributed by atoms with Gasteiger partial charge in [-0.05, 0) is 24.3 Å². The Kier molecular flexibility index (Phi) is 4.22. The van der Waals surface area contributed by atoms with Crippen LogP contribution in [0.4, 0.5) is 0 Å². The van der Waals surface area contributed by atoms with E-state index in [1.807, 2.05) is 36.4 Å². The van der Waals surface area contributed by atoms with E-state index in [9.17, 15) is 4.79 Å². The average molecular weight is 386 g/mol. The van der Waals surface area contributed by atoms with Crippen LogP contribution < -0.4 is 5.32 Å². The van der Waals surface area contributed by atoms with Crippen molar-refractivity contribution in [3.05, 3.63) is 75.3 Å². The number of halogens is 2. The molecule has 1 aromatic heterocycles. The van der Waals surface area contributed by atoms with Gasteiger partial charge < -0.3 is 5.32 Å². The molecule has 0 radical (unpaired) electrons. The summed E-state index contributed by atoms with van der Waals surface area (Å²) in [5, 5.41) is 8.04. The zero-order chi connectivity index (χ0) is 18.3. The first-order chi connectivity index (χ1) is 12.6. The Labute approximate surface area is 159 Å². The summed E-state index contributed by atoms with van der Waals surface area (Å²) in [7, 11) is 1.54. The van der Waals surface area contributed by atoms with Crippen molar-refractivity contribution >= 4 is 34.8 Å². The Morgan fingerprint density at radius 2 is 1.96 bits per heavy atom. The lowest BCUT2D eigenvalue weighted by Crippen LogP contribution is -2.19. The first kappa shape index (κ1) is 16.8. The van der Waals surface area contributed by atoms with Gasteiger partial charge in [-0.3, -0.25) is 9.79 Å². The predicted molar refractivity (Wildman–Crippen MR) is 101 cm³/mol. The average Bonchev–Trinajstić information content (AvgIpc) is 3.01. The van der Waals surface area contributed by atoms with Crippen LogP contribution in [-0.2, 0) is 6.54 Å². The zero-order valence-electron chi connectivity index (χ0n) is 13.7. The van der Waals surface area contributed by atoms with E-state index >= 15 is 0 Å². The molecule has 0 fully saturated rings. The van der Waals surface area contributed by atoms with Crippen LogP contribution in [0.15, 0.2) is 47.5 Å². The third-order valence-electron chi connectivity index (χ3n) is 4.05. The molecule has 0 unspecified atom stereocenters. The predicted octanol–water partition coefficient (Wildman–Crippen LogP) is 3.28. The number of hydrogen-bond donors (Lipinski definition) is 1. The third kappa shape index (κ3) is 2.77. The molecular formula is C18H13Cl2N5O. The molecule has 4 rings (SSSR count). The minimum atomic E-state index is -0.351. The molecule has 0 atom stereocenters. The summed E-state index contributed by atoms with van der Waals surface area (Å²) in [5.41, 5.74) is 3.03.